The van der Waals surface area contributed by atoms with Gasteiger partial charge >= 0.3 is 0 Å². The number of rotatable bonds is 3. The largest absolute Gasteiger partial charge is 0.297 e. The Balaban J connectivity index is 1.62. The number of nitrogens with zero attached hydrogens (tertiary/aromatic N) is 3. The molecule has 2 aliphatic rings. The van der Waals surface area contributed by atoms with Crippen LogP contribution in [0.15, 0.2) is 6.07 Å². The third-order valence-corrected chi connectivity index (χ3v) is 6.92. The Morgan fingerprint density at radius 3 is 2.75 bits per heavy atom. The van der Waals surface area contributed by atoms with Crippen LogP contribution in [0, 0.1) is 12.8 Å². The van der Waals surface area contributed by atoms with Crippen LogP contribution in [0.25, 0.3) is 10.2 Å². The molecule has 0 spiro atoms. The van der Waals surface area contributed by atoms with Crippen molar-refractivity contribution in [3.05, 3.63) is 22.5 Å². The van der Waals surface area contributed by atoms with Gasteiger partial charge in [0.05, 0.1) is 5.69 Å². The Kier molecular flexibility index (Phi) is 4.86. The zero-order valence-electron chi connectivity index (χ0n) is 15.1. The van der Waals surface area contributed by atoms with Crippen molar-refractivity contribution in [1.82, 2.24) is 14.9 Å². The van der Waals surface area contributed by atoms with Crippen molar-refractivity contribution in [2.75, 3.05) is 13.1 Å². The highest BCUT2D eigenvalue weighted by Crippen LogP contribution is 2.39. The second-order valence-electron chi connectivity index (χ2n) is 7.90. The first-order chi connectivity index (χ1) is 11.7. The summed E-state index contributed by atoms with van der Waals surface area (Å²) in [7, 11) is 0. The van der Waals surface area contributed by atoms with Crippen molar-refractivity contribution in [2.24, 2.45) is 5.92 Å². The lowest BCUT2D eigenvalue weighted by Crippen LogP contribution is -2.34. The Morgan fingerprint density at radius 2 is 1.96 bits per heavy atom. The van der Waals surface area contributed by atoms with E-state index in [1.807, 2.05) is 18.3 Å². The summed E-state index contributed by atoms with van der Waals surface area (Å²) in [5, 5.41) is 1.32. The molecule has 2 fully saturated rings. The summed E-state index contributed by atoms with van der Waals surface area (Å²) >= 11 is 1.93. The predicted octanol–water partition coefficient (Wildman–Crippen LogP) is 5.28. The summed E-state index contributed by atoms with van der Waals surface area (Å²) in [4.78, 5) is 14.9. The number of aromatic nitrogens is 2. The second kappa shape index (κ2) is 7.09. The van der Waals surface area contributed by atoms with Crippen molar-refractivity contribution in [2.45, 2.75) is 71.3 Å². The zero-order chi connectivity index (χ0) is 16.5. The van der Waals surface area contributed by atoms with Crippen molar-refractivity contribution in [3.8, 4) is 0 Å². The molecule has 2 aromatic rings. The summed E-state index contributed by atoms with van der Waals surface area (Å²) in [6.45, 7) is 7.84. The van der Waals surface area contributed by atoms with Gasteiger partial charge in [-0.1, -0.05) is 26.2 Å². The number of thiophene rings is 1. The van der Waals surface area contributed by atoms with Gasteiger partial charge in [0.25, 0.3) is 0 Å². The predicted molar refractivity (Wildman–Crippen MR) is 102 cm³/mol. The average Bonchev–Trinajstić information content (AvgIpc) is 3.00. The molecule has 0 radical (unpaired) electrons. The van der Waals surface area contributed by atoms with Crippen LogP contribution in [-0.2, 0) is 6.54 Å². The van der Waals surface area contributed by atoms with E-state index in [4.69, 9.17) is 9.97 Å². The van der Waals surface area contributed by atoms with Gasteiger partial charge in [0.2, 0.25) is 0 Å². The molecule has 3 heterocycles. The average molecular weight is 344 g/mol. The molecule has 0 unspecified atom stereocenters. The van der Waals surface area contributed by atoms with Gasteiger partial charge in [0.1, 0.15) is 10.7 Å². The van der Waals surface area contributed by atoms with Gasteiger partial charge in [0.15, 0.2) is 0 Å². The molecule has 2 aromatic heterocycles. The number of hydrogen-bond acceptors (Lipinski definition) is 4. The molecule has 1 atom stereocenters. The van der Waals surface area contributed by atoms with E-state index >= 15 is 0 Å². The summed E-state index contributed by atoms with van der Waals surface area (Å²) in [6, 6.07) is 2.43. The molecule has 1 saturated carbocycles. The molecule has 130 valence electrons. The molecular weight excluding hydrogens is 314 g/mol. The van der Waals surface area contributed by atoms with Gasteiger partial charge < -0.3 is 0 Å². The first-order valence-electron chi connectivity index (χ1n) is 9.68. The molecule has 24 heavy (non-hydrogen) atoms. The summed E-state index contributed by atoms with van der Waals surface area (Å²) in [6.07, 6.45) is 9.61. The summed E-state index contributed by atoms with van der Waals surface area (Å²) in [5.41, 5.74) is 1.25. The summed E-state index contributed by atoms with van der Waals surface area (Å²) < 4.78 is 0. The Bertz CT molecular complexity index is 702. The van der Waals surface area contributed by atoms with Gasteiger partial charge in [-0.15, -0.1) is 11.3 Å². The molecule has 4 rings (SSSR count). The Labute approximate surface area is 149 Å². The number of aryl methyl sites for hydroxylation is 1. The number of fused-ring (bicyclic) bond motifs is 1. The molecule has 0 amide bonds. The van der Waals surface area contributed by atoms with Gasteiger partial charge in [-0.05, 0) is 57.1 Å². The molecule has 3 nitrogen and oxygen atoms in total. The van der Waals surface area contributed by atoms with Gasteiger partial charge in [-0.3, -0.25) is 4.90 Å². The van der Waals surface area contributed by atoms with Gasteiger partial charge in [0, 0.05) is 23.4 Å². The molecule has 1 saturated heterocycles. The molecular formula is C20H29N3S. The van der Waals surface area contributed by atoms with Gasteiger partial charge in [-0.25, -0.2) is 9.97 Å². The highest BCUT2D eigenvalue weighted by Gasteiger charge is 2.22. The molecule has 0 aromatic carbocycles. The zero-order valence-corrected chi connectivity index (χ0v) is 15.9. The highest BCUT2D eigenvalue weighted by atomic mass is 32.1. The maximum atomic E-state index is 4.83. The fourth-order valence-corrected chi connectivity index (χ4v) is 5.74. The van der Waals surface area contributed by atoms with Crippen LogP contribution < -0.4 is 0 Å². The topological polar surface area (TPSA) is 29.0 Å². The van der Waals surface area contributed by atoms with Crippen LogP contribution in [0.5, 0.6) is 0 Å². The van der Waals surface area contributed by atoms with E-state index in [-0.39, 0.29) is 0 Å². The first-order valence-corrected chi connectivity index (χ1v) is 10.5. The van der Waals surface area contributed by atoms with Crippen LogP contribution in [0.2, 0.25) is 0 Å². The molecule has 4 heteroatoms. The minimum atomic E-state index is 0.765. The van der Waals surface area contributed by atoms with Crippen molar-refractivity contribution >= 4 is 21.6 Å². The lowest BCUT2D eigenvalue weighted by Gasteiger charge is -2.30. The molecule has 0 N–H and O–H groups in total. The van der Waals surface area contributed by atoms with Crippen LogP contribution in [-0.4, -0.2) is 28.0 Å². The van der Waals surface area contributed by atoms with E-state index in [0.717, 1.165) is 24.2 Å². The highest BCUT2D eigenvalue weighted by molar-refractivity contribution is 7.18. The first kappa shape index (κ1) is 16.5. The van der Waals surface area contributed by atoms with Crippen molar-refractivity contribution < 1.29 is 0 Å². The van der Waals surface area contributed by atoms with E-state index in [0.29, 0.717) is 0 Å². The Morgan fingerprint density at radius 1 is 1.12 bits per heavy atom. The van der Waals surface area contributed by atoms with Crippen LogP contribution >= 0.6 is 11.3 Å². The summed E-state index contributed by atoms with van der Waals surface area (Å²) in [5.74, 6) is 2.51. The monoisotopic (exact) mass is 343 g/mol. The lowest BCUT2D eigenvalue weighted by molar-refractivity contribution is 0.175. The minimum Gasteiger partial charge on any atom is -0.297 e. The van der Waals surface area contributed by atoms with E-state index in [1.165, 1.54) is 73.9 Å². The number of hydrogen-bond donors (Lipinski definition) is 0. The van der Waals surface area contributed by atoms with E-state index in [9.17, 15) is 0 Å². The fourth-order valence-electron chi connectivity index (χ4n) is 4.47. The van der Waals surface area contributed by atoms with Crippen LogP contribution in [0.1, 0.15) is 74.2 Å². The molecule has 1 aliphatic carbocycles. The van der Waals surface area contributed by atoms with E-state index in [2.05, 4.69) is 17.9 Å². The van der Waals surface area contributed by atoms with E-state index < -0.39 is 0 Å². The van der Waals surface area contributed by atoms with Crippen molar-refractivity contribution in [1.29, 1.82) is 0 Å². The van der Waals surface area contributed by atoms with Crippen molar-refractivity contribution in [3.63, 3.8) is 0 Å². The maximum absolute atomic E-state index is 4.83. The van der Waals surface area contributed by atoms with E-state index in [1.54, 1.807) is 4.88 Å². The third-order valence-electron chi connectivity index (χ3n) is 5.72. The number of piperidine rings is 1. The lowest BCUT2D eigenvalue weighted by atomic mass is 9.88. The maximum Gasteiger partial charge on any atom is 0.127 e. The molecule has 0 bridgehead atoms. The third kappa shape index (κ3) is 3.50. The fraction of sp³-hybridized carbons (Fsp3) is 0.700. The quantitative estimate of drug-likeness (QED) is 0.759. The van der Waals surface area contributed by atoms with Gasteiger partial charge in [-0.2, -0.15) is 0 Å². The minimum absolute atomic E-state index is 0.765. The Hall–Kier alpha value is -1.00. The molecule has 1 aliphatic heterocycles. The second-order valence-corrected chi connectivity index (χ2v) is 8.96. The van der Waals surface area contributed by atoms with Crippen LogP contribution in [0.3, 0.4) is 0 Å². The standard InChI is InChI=1S/C20H29N3S/c1-14-7-6-10-23(12-14)13-18-17-11-19(16-8-4-3-5-9-16)24-20(17)22-15(2)21-18/h11,14,16H,3-10,12-13H2,1-2H3/t14-/m0/s1. The normalized spacial score (nSPS) is 23.8. The smallest absolute Gasteiger partial charge is 0.127 e. The number of likely N-dealkylation sites (tertiary alicyclic amines) is 1. The van der Waals surface area contributed by atoms with Crippen LogP contribution in [0.4, 0.5) is 0 Å². The SMILES string of the molecule is Cc1nc(CN2CCC[C@H](C)C2)c2cc(C3CCCCC3)sc2n1.